The van der Waals surface area contributed by atoms with E-state index in [1.807, 2.05) is 0 Å². The van der Waals surface area contributed by atoms with Crippen molar-refractivity contribution in [2.45, 2.75) is 50.7 Å². The maximum absolute atomic E-state index is 12.1. The molecule has 2 rings (SSSR count). The monoisotopic (exact) mass is 277 g/mol. The Morgan fingerprint density at radius 3 is 2.70 bits per heavy atom. The molecular formula is C15H23N3O2. The molecule has 1 aliphatic carbocycles. The molecule has 0 bridgehead atoms. The van der Waals surface area contributed by atoms with Gasteiger partial charge in [0.25, 0.3) is 5.91 Å². The quantitative estimate of drug-likeness (QED) is 0.725. The number of hydrogen-bond acceptors (Lipinski definition) is 4. The van der Waals surface area contributed by atoms with Crippen LogP contribution in [0.15, 0.2) is 18.3 Å². The van der Waals surface area contributed by atoms with Gasteiger partial charge in [-0.2, -0.15) is 0 Å². The molecule has 0 saturated heterocycles. The van der Waals surface area contributed by atoms with Crippen molar-refractivity contribution in [1.82, 2.24) is 10.3 Å². The topological polar surface area (TPSA) is 88.2 Å². The molecule has 5 nitrogen and oxygen atoms in total. The molecule has 0 spiro atoms. The van der Waals surface area contributed by atoms with Crippen LogP contribution < -0.4 is 11.1 Å². The van der Waals surface area contributed by atoms with Crippen molar-refractivity contribution in [1.29, 1.82) is 0 Å². The SMILES string of the molecule is NCc1cc(C(=O)NCC2(O)CCCCCC2)ccn1. The molecule has 1 aromatic rings. The average Bonchev–Trinajstić information content (AvgIpc) is 2.70. The molecule has 1 saturated carbocycles. The zero-order valence-corrected chi connectivity index (χ0v) is 11.8. The number of amides is 1. The number of nitrogens with one attached hydrogen (secondary N) is 1. The number of nitrogens with two attached hydrogens (primary N) is 1. The Balaban J connectivity index is 1.93. The Kier molecular flexibility index (Phi) is 5.09. The fourth-order valence-electron chi connectivity index (χ4n) is 2.64. The molecular weight excluding hydrogens is 254 g/mol. The summed E-state index contributed by atoms with van der Waals surface area (Å²) in [6, 6.07) is 3.35. The number of rotatable bonds is 4. The van der Waals surface area contributed by atoms with E-state index in [9.17, 15) is 9.90 Å². The fourth-order valence-corrected chi connectivity index (χ4v) is 2.64. The minimum Gasteiger partial charge on any atom is -0.388 e. The van der Waals surface area contributed by atoms with Crippen LogP contribution in [0.25, 0.3) is 0 Å². The standard InChI is InChI=1S/C15H23N3O2/c16-10-13-9-12(5-8-17-13)14(19)18-11-15(20)6-3-1-2-4-7-15/h5,8-9,20H,1-4,6-7,10-11,16H2,(H,18,19). The van der Waals surface area contributed by atoms with Crippen molar-refractivity contribution in [2.24, 2.45) is 5.73 Å². The van der Waals surface area contributed by atoms with Gasteiger partial charge >= 0.3 is 0 Å². The molecule has 110 valence electrons. The van der Waals surface area contributed by atoms with Crippen LogP contribution in [0.4, 0.5) is 0 Å². The van der Waals surface area contributed by atoms with Gasteiger partial charge in [0.15, 0.2) is 0 Å². The molecule has 20 heavy (non-hydrogen) atoms. The van der Waals surface area contributed by atoms with Gasteiger partial charge in [-0.3, -0.25) is 9.78 Å². The van der Waals surface area contributed by atoms with Gasteiger partial charge in [-0.1, -0.05) is 25.7 Å². The first kappa shape index (κ1) is 14.9. The van der Waals surface area contributed by atoms with Crippen molar-refractivity contribution < 1.29 is 9.90 Å². The van der Waals surface area contributed by atoms with Gasteiger partial charge in [-0.25, -0.2) is 0 Å². The first-order chi connectivity index (χ1) is 9.63. The molecule has 0 unspecified atom stereocenters. The van der Waals surface area contributed by atoms with E-state index < -0.39 is 5.60 Å². The summed E-state index contributed by atoms with van der Waals surface area (Å²) in [5, 5.41) is 13.3. The van der Waals surface area contributed by atoms with Gasteiger partial charge in [0.1, 0.15) is 0 Å². The highest BCUT2D eigenvalue weighted by atomic mass is 16.3. The van der Waals surface area contributed by atoms with Crippen molar-refractivity contribution in [2.75, 3.05) is 6.54 Å². The predicted octanol–water partition coefficient (Wildman–Crippen LogP) is 1.36. The Labute approximate surface area is 119 Å². The van der Waals surface area contributed by atoms with Gasteiger partial charge < -0.3 is 16.2 Å². The minimum atomic E-state index is -0.754. The largest absolute Gasteiger partial charge is 0.388 e. The normalized spacial score (nSPS) is 18.3. The van der Waals surface area contributed by atoms with Crippen LogP contribution in [-0.2, 0) is 6.54 Å². The van der Waals surface area contributed by atoms with Gasteiger partial charge in [-0.15, -0.1) is 0 Å². The Hall–Kier alpha value is -1.46. The second-order valence-electron chi connectivity index (χ2n) is 5.56. The summed E-state index contributed by atoms with van der Waals surface area (Å²) in [5.41, 5.74) is 5.99. The van der Waals surface area contributed by atoms with Crippen LogP contribution in [0.1, 0.15) is 54.6 Å². The zero-order valence-electron chi connectivity index (χ0n) is 11.8. The van der Waals surface area contributed by atoms with E-state index in [1.54, 1.807) is 18.3 Å². The third kappa shape index (κ3) is 4.02. The lowest BCUT2D eigenvalue weighted by molar-refractivity contribution is 0.0246. The van der Waals surface area contributed by atoms with E-state index in [0.29, 0.717) is 24.3 Å². The number of aromatic nitrogens is 1. The Morgan fingerprint density at radius 2 is 2.05 bits per heavy atom. The molecule has 1 heterocycles. The van der Waals surface area contributed by atoms with Gasteiger partial charge in [-0.05, 0) is 25.0 Å². The highest BCUT2D eigenvalue weighted by molar-refractivity contribution is 5.94. The number of carbonyl (C=O) groups excluding carboxylic acids is 1. The van der Waals surface area contributed by atoms with E-state index in [-0.39, 0.29) is 5.91 Å². The first-order valence-electron chi connectivity index (χ1n) is 7.28. The first-order valence-corrected chi connectivity index (χ1v) is 7.28. The highest BCUT2D eigenvalue weighted by Crippen LogP contribution is 2.26. The van der Waals surface area contributed by atoms with E-state index in [1.165, 1.54) is 12.8 Å². The molecule has 0 radical (unpaired) electrons. The molecule has 0 atom stereocenters. The van der Waals surface area contributed by atoms with Gasteiger partial charge in [0.05, 0.1) is 11.3 Å². The van der Waals surface area contributed by atoms with Crippen molar-refractivity contribution in [3.63, 3.8) is 0 Å². The predicted molar refractivity (Wildman–Crippen MR) is 77.1 cm³/mol. The van der Waals surface area contributed by atoms with Gasteiger partial charge in [0, 0.05) is 24.8 Å². The van der Waals surface area contributed by atoms with E-state index in [2.05, 4.69) is 10.3 Å². The number of hydrogen-bond donors (Lipinski definition) is 3. The van der Waals surface area contributed by atoms with Crippen LogP contribution in [0.5, 0.6) is 0 Å². The van der Waals surface area contributed by atoms with Crippen LogP contribution >= 0.6 is 0 Å². The molecule has 4 N–H and O–H groups in total. The summed E-state index contributed by atoms with van der Waals surface area (Å²) in [6.07, 6.45) is 7.49. The van der Waals surface area contributed by atoms with Crippen molar-refractivity contribution >= 4 is 5.91 Å². The average molecular weight is 277 g/mol. The maximum Gasteiger partial charge on any atom is 0.251 e. The summed E-state index contributed by atoms with van der Waals surface area (Å²) in [7, 11) is 0. The summed E-state index contributed by atoms with van der Waals surface area (Å²) < 4.78 is 0. The second kappa shape index (κ2) is 6.81. The van der Waals surface area contributed by atoms with Crippen LogP contribution in [-0.4, -0.2) is 28.1 Å². The summed E-state index contributed by atoms with van der Waals surface area (Å²) in [4.78, 5) is 16.2. The lowest BCUT2D eigenvalue weighted by Gasteiger charge is -2.26. The van der Waals surface area contributed by atoms with Crippen LogP contribution in [0.2, 0.25) is 0 Å². The third-order valence-electron chi connectivity index (χ3n) is 3.90. The highest BCUT2D eigenvalue weighted by Gasteiger charge is 2.28. The van der Waals surface area contributed by atoms with Crippen LogP contribution in [0.3, 0.4) is 0 Å². The molecule has 0 aromatic carbocycles. The summed E-state index contributed by atoms with van der Waals surface area (Å²) >= 11 is 0. The molecule has 0 aliphatic heterocycles. The zero-order chi connectivity index (χ0) is 14.4. The smallest absolute Gasteiger partial charge is 0.251 e. The summed E-state index contributed by atoms with van der Waals surface area (Å²) in [5.74, 6) is -0.181. The molecule has 5 heteroatoms. The second-order valence-corrected chi connectivity index (χ2v) is 5.56. The fraction of sp³-hybridized carbons (Fsp3) is 0.600. The molecule has 1 amide bonds. The molecule has 1 fully saturated rings. The van der Waals surface area contributed by atoms with Crippen molar-refractivity contribution in [3.8, 4) is 0 Å². The summed E-state index contributed by atoms with van der Waals surface area (Å²) in [6.45, 7) is 0.622. The van der Waals surface area contributed by atoms with E-state index >= 15 is 0 Å². The van der Waals surface area contributed by atoms with Crippen molar-refractivity contribution in [3.05, 3.63) is 29.6 Å². The number of nitrogens with zero attached hydrogens (tertiary/aromatic N) is 1. The maximum atomic E-state index is 12.1. The number of aliphatic hydroxyl groups is 1. The number of pyridine rings is 1. The third-order valence-corrected chi connectivity index (χ3v) is 3.90. The molecule has 1 aliphatic rings. The number of carbonyl (C=O) groups is 1. The van der Waals surface area contributed by atoms with Gasteiger partial charge in [0.2, 0.25) is 0 Å². The van der Waals surface area contributed by atoms with Crippen LogP contribution in [0, 0.1) is 0 Å². The molecule has 1 aromatic heterocycles. The lowest BCUT2D eigenvalue weighted by Crippen LogP contribution is -2.42. The lowest BCUT2D eigenvalue weighted by atomic mass is 9.94. The Morgan fingerprint density at radius 1 is 1.35 bits per heavy atom. The van der Waals surface area contributed by atoms with E-state index in [0.717, 1.165) is 25.7 Å². The van der Waals surface area contributed by atoms with E-state index in [4.69, 9.17) is 5.73 Å². The Bertz CT molecular complexity index is 454. The minimum absolute atomic E-state index is 0.181.